The second kappa shape index (κ2) is 7.32. The molecule has 0 spiro atoms. The largest absolute Gasteiger partial charge is 0.352 e. The van der Waals surface area contributed by atoms with Crippen molar-refractivity contribution in [3.05, 3.63) is 94.7 Å². The summed E-state index contributed by atoms with van der Waals surface area (Å²) in [5.74, 6) is 0.386. The van der Waals surface area contributed by atoms with Gasteiger partial charge in [0.2, 0.25) is 5.95 Å². The van der Waals surface area contributed by atoms with E-state index in [1.54, 1.807) is 4.68 Å². The first-order valence-corrected chi connectivity index (χ1v) is 9.57. The molecule has 3 aromatic heterocycles. The zero-order valence-corrected chi connectivity index (χ0v) is 16.3. The van der Waals surface area contributed by atoms with Crippen LogP contribution >= 0.6 is 0 Å². The van der Waals surface area contributed by atoms with E-state index in [9.17, 15) is 4.79 Å². The summed E-state index contributed by atoms with van der Waals surface area (Å²) in [6.07, 6.45) is 3.46. The van der Waals surface area contributed by atoms with Crippen LogP contribution in [-0.2, 0) is 6.54 Å². The number of nitrogens with one attached hydrogen (secondary N) is 2. The lowest BCUT2D eigenvalue weighted by Gasteiger charge is -2.11. The number of fused-ring (bicyclic) bond motifs is 1. The van der Waals surface area contributed by atoms with Crippen molar-refractivity contribution in [2.24, 2.45) is 0 Å². The summed E-state index contributed by atoms with van der Waals surface area (Å²) in [6, 6.07) is 19.5. The van der Waals surface area contributed by atoms with Crippen molar-refractivity contribution >= 4 is 17.0 Å². The third-order valence-corrected chi connectivity index (χ3v) is 4.85. The summed E-state index contributed by atoms with van der Waals surface area (Å²) in [7, 11) is 0. The van der Waals surface area contributed by atoms with E-state index in [0.29, 0.717) is 23.5 Å². The van der Waals surface area contributed by atoms with E-state index in [4.69, 9.17) is 0 Å². The molecule has 148 valence electrons. The molecule has 0 fully saturated rings. The SMILES string of the molecule is Cc1ccn(-c2ccccc2CNc2nc3c(cnn3-c3ccccc3)c(=O)[nH]2)n1. The molecule has 5 rings (SSSR count). The predicted molar refractivity (Wildman–Crippen MR) is 115 cm³/mol. The molecular weight excluding hydrogens is 378 g/mol. The standard InChI is InChI=1S/C22H19N7O/c1-15-11-12-28(27-15)19-10-6-5-7-16(19)13-23-22-25-20-18(21(30)26-22)14-24-29(20)17-8-3-2-4-9-17/h2-12,14H,13H2,1H3,(H2,23,25,26,30). The van der Waals surface area contributed by atoms with E-state index >= 15 is 0 Å². The third-order valence-electron chi connectivity index (χ3n) is 4.85. The van der Waals surface area contributed by atoms with E-state index in [-0.39, 0.29) is 5.56 Å². The number of rotatable bonds is 5. The topological polar surface area (TPSA) is 93.4 Å². The van der Waals surface area contributed by atoms with E-state index in [1.165, 1.54) is 6.20 Å². The van der Waals surface area contributed by atoms with Crippen LogP contribution in [0.1, 0.15) is 11.3 Å². The van der Waals surface area contributed by atoms with E-state index in [1.807, 2.05) is 78.5 Å². The van der Waals surface area contributed by atoms with Gasteiger partial charge in [0.25, 0.3) is 5.56 Å². The highest BCUT2D eigenvalue weighted by Gasteiger charge is 2.12. The molecule has 0 aliphatic carbocycles. The summed E-state index contributed by atoms with van der Waals surface area (Å²) in [5.41, 5.74) is 4.05. The quantitative estimate of drug-likeness (QED) is 0.475. The molecule has 2 aromatic carbocycles. The maximum atomic E-state index is 12.5. The van der Waals surface area contributed by atoms with Gasteiger partial charge in [-0.05, 0) is 36.8 Å². The fourth-order valence-electron chi connectivity index (χ4n) is 3.37. The lowest BCUT2D eigenvalue weighted by atomic mass is 10.2. The van der Waals surface area contributed by atoms with Crippen LogP contribution in [0.2, 0.25) is 0 Å². The molecule has 3 heterocycles. The van der Waals surface area contributed by atoms with Gasteiger partial charge in [-0.15, -0.1) is 0 Å². The van der Waals surface area contributed by atoms with Crippen molar-refractivity contribution in [2.45, 2.75) is 13.5 Å². The van der Waals surface area contributed by atoms with Gasteiger partial charge in [0.1, 0.15) is 5.39 Å². The Bertz CT molecular complexity index is 1380. The number of benzene rings is 2. The second-order valence-corrected chi connectivity index (χ2v) is 6.93. The second-order valence-electron chi connectivity index (χ2n) is 6.93. The minimum absolute atomic E-state index is 0.235. The van der Waals surface area contributed by atoms with Crippen LogP contribution < -0.4 is 10.9 Å². The molecule has 0 aliphatic rings. The Labute approximate surface area is 171 Å². The number of aromatic nitrogens is 6. The minimum atomic E-state index is -0.235. The molecule has 0 aliphatic heterocycles. The molecule has 5 aromatic rings. The molecule has 0 bridgehead atoms. The van der Waals surface area contributed by atoms with Crippen LogP contribution in [0.15, 0.2) is 77.9 Å². The molecule has 8 nitrogen and oxygen atoms in total. The van der Waals surface area contributed by atoms with Crippen molar-refractivity contribution in [2.75, 3.05) is 5.32 Å². The van der Waals surface area contributed by atoms with Gasteiger partial charge in [0.05, 0.1) is 23.3 Å². The fourth-order valence-corrected chi connectivity index (χ4v) is 3.37. The van der Waals surface area contributed by atoms with Gasteiger partial charge >= 0.3 is 0 Å². The Morgan fingerprint density at radius 3 is 2.63 bits per heavy atom. The third kappa shape index (κ3) is 3.24. The van der Waals surface area contributed by atoms with E-state index < -0.39 is 0 Å². The summed E-state index contributed by atoms with van der Waals surface area (Å²) in [6.45, 7) is 2.43. The number of anilines is 1. The number of hydrogen-bond acceptors (Lipinski definition) is 5. The molecule has 0 saturated carbocycles. The van der Waals surface area contributed by atoms with E-state index in [2.05, 4.69) is 25.5 Å². The minimum Gasteiger partial charge on any atom is -0.352 e. The van der Waals surface area contributed by atoms with Crippen LogP contribution in [0.5, 0.6) is 0 Å². The summed E-state index contributed by atoms with van der Waals surface area (Å²) < 4.78 is 3.51. The number of aryl methyl sites for hydroxylation is 1. The highest BCUT2D eigenvalue weighted by atomic mass is 16.1. The number of nitrogens with zero attached hydrogens (tertiary/aromatic N) is 5. The van der Waals surface area contributed by atoms with Crippen LogP contribution in [0, 0.1) is 6.92 Å². The summed E-state index contributed by atoms with van der Waals surface area (Å²) in [4.78, 5) is 19.9. The number of hydrogen-bond donors (Lipinski definition) is 2. The van der Waals surface area contributed by atoms with Crippen molar-refractivity contribution in [3.63, 3.8) is 0 Å². The Morgan fingerprint density at radius 2 is 1.83 bits per heavy atom. The molecular formula is C22H19N7O. The van der Waals surface area contributed by atoms with Crippen molar-refractivity contribution < 1.29 is 0 Å². The van der Waals surface area contributed by atoms with Crippen molar-refractivity contribution in [1.82, 2.24) is 29.5 Å². The van der Waals surface area contributed by atoms with Crippen LogP contribution in [0.4, 0.5) is 5.95 Å². The molecule has 2 N–H and O–H groups in total. The molecule has 30 heavy (non-hydrogen) atoms. The Balaban J connectivity index is 1.48. The normalized spacial score (nSPS) is 11.1. The lowest BCUT2D eigenvalue weighted by molar-refractivity contribution is 0.846. The summed E-state index contributed by atoms with van der Waals surface area (Å²) >= 11 is 0. The van der Waals surface area contributed by atoms with Gasteiger partial charge in [0.15, 0.2) is 5.65 Å². The zero-order chi connectivity index (χ0) is 20.5. The van der Waals surface area contributed by atoms with E-state index in [0.717, 1.165) is 22.6 Å². The zero-order valence-electron chi connectivity index (χ0n) is 16.3. The van der Waals surface area contributed by atoms with Crippen molar-refractivity contribution in [1.29, 1.82) is 0 Å². The Kier molecular flexibility index (Phi) is 4.36. The number of H-pyrrole nitrogens is 1. The maximum absolute atomic E-state index is 12.5. The smallest absolute Gasteiger partial charge is 0.263 e. The number of aromatic amines is 1. The van der Waals surface area contributed by atoms with Gasteiger partial charge in [0, 0.05) is 12.7 Å². The van der Waals surface area contributed by atoms with Crippen molar-refractivity contribution in [3.8, 4) is 11.4 Å². The van der Waals surface area contributed by atoms with Crippen LogP contribution in [0.25, 0.3) is 22.4 Å². The maximum Gasteiger partial charge on any atom is 0.263 e. The van der Waals surface area contributed by atoms with Gasteiger partial charge in [-0.1, -0.05) is 36.4 Å². The average Bonchev–Trinajstić information content (AvgIpc) is 3.40. The molecule has 0 unspecified atom stereocenters. The van der Waals surface area contributed by atoms with Gasteiger partial charge in [-0.3, -0.25) is 9.78 Å². The first-order valence-electron chi connectivity index (χ1n) is 9.57. The Hall–Kier alpha value is -4.20. The van der Waals surface area contributed by atoms with Gasteiger partial charge < -0.3 is 5.32 Å². The monoisotopic (exact) mass is 397 g/mol. The molecule has 0 radical (unpaired) electrons. The highest BCUT2D eigenvalue weighted by Crippen LogP contribution is 2.17. The molecule has 0 saturated heterocycles. The molecule has 0 atom stereocenters. The highest BCUT2D eigenvalue weighted by molar-refractivity contribution is 5.76. The van der Waals surface area contributed by atoms with Crippen LogP contribution in [-0.4, -0.2) is 29.5 Å². The van der Waals surface area contributed by atoms with Gasteiger partial charge in [-0.25, -0.2) is 9.36 Å². The van der Waals surface area contributed by atoms with Crippen LogP contribution in [0.3, 0.4) is 0 Å². The first kappa shape index (κ1) is 17.9. The number of para-hydroxylation sites is 2. The average molecular weight is 397 g/mol. The first-order chi connectivity index (χ1) is 14.7. The fraction of sp³-hybridized carbons (Fsp3) is 0.0909. The summed E-state index contributed by atoms with van der Waals surface area (Å²) in [5, 5.41) is 12.5. The molecule has 8 heteroatoms. The Morgan fingerprint density at radius 1 is 1.03 bits per heavy atom. The molecule has 0 amide bonds. The lowest BCUT2D eigenvalue weighted by Crippen LogP contribution is -2.14. The predicted octanol–water partition coefficient (Wildman–Crippen LogP) is 3.22. The van der Waals surface area contributed by atoms with Gasteiger partial charge in [-0.2, -0.15) is 15.2 Å².